The number of carbonyl (C=O) groups is 1. The van der Waals surface area contributed by atoms with Crippen LogP contribution < -0.4 is 5.32 Å². The second-order valence-electron chi connectivity index (χ2n) is 7.97. The monoisotopic (exact) mass is 415 g/mol. The lowest BCUT2D eigenvalue weighted by molar-refractivity contribution is -0.132. The van der Waals surface area contributed by atoms with Gasteiger partial charge in [0.1, 0.15) is 12.2 Å². The van der Waals surface area contributed by atoms with E-state index in [9.17, 15) is 25.2 Å². The Morgan fingerprint density at radius 1 is 0.828 bits per heavy atom. The lowest BCUT2D eigenvalue weighted by Gasteiger charge is -2.27. The number of aliphatic hydroxyl groups excluding tert-OH is 4. The summed E-state index contributed by atoms with van der Waals surface area (Å²) in [7, 11) is 0. The third-order valence-electron chi connectivity index (χ3n) is 5.23. The lowest BCUT2D eigenvalue weighted by atomic mass is 9.99. The molecule has 5 N–H and O–H groups in total. The van der Waals surface area contributed by atoms with Gasteiger partial charge in [-0.25, -0.2) is 0 Å². The minimum Gasteiger partial charge on any atom is -0.394 e. The molecule has 0 aliphatic rings. The Balaban J connectivity index is 4.15. The highest BCUT2D eigenvalue weighted by molar-refractivity contribution is 5.80. The number of carbonyl (C=O) groups excluding carboxylic acids is 1. The van der Waals surface area contributed by atoms with Crippen LogP contribution in [0.1, 0.15) is 97.3 Å². The maximum atomic E-state index is 12.1. The molecule has 0 aliphatic heterocycles. The van der Waals surface area contributed by atoms with E-state index in [2.05, 4.69) is 25.2 Å². The molecule has 29 heavy (non-hydrogen) atoms. The van der Waals surface area contributed by atoms with Crippen LogP contribution in [-0.2, 0) is 4.79 Å². The van der Waals surface area contributed by atoms with E-state index in [1.54, 1.807) is 0 Å². The van der Waals surface area contributed by atoms with E-state index in [4.69, 9.17) is 0 Å². The summed E-state index contributed by atoms with van der Waals surface area (Å²) in [6.45, 7) is 3.81. The molecule has 172 valence electrons. The number of rotatable bonds is 19. The van der Waals surface area contributed by atoms with Gasteiger partial charge in [-0.2, -0.15) is 0 Å². The maximum absolute atomic E-state index is 12.1. The van der Waals surface area contributed by atoms with Gasteiger partial charge in [-0.1, -0.05) is 77.4 Å². The number of unbranched alkanes of at least 4 members (excludes halogenated alkanes) is 8. The number of hydrogen-bond donors (Lipinski definition) is 5. The Bertz CT molecular complexity index is 416. The fourth-order valence-corrected chi connectivity index (χ4v) is 3.22. The highest BCUT2D eigenvalue weighted by Gasteiger charge is 2.28. The minimum atomic E-state index is -1.26. The van der Waals surface area contributed by atoms with Crippen LogP contribution in [0.2, 0.25) is 0 Å². The van der Waals surface area contributed by atoms with Crippen LogP contribution in [-0.4, -0.2) is 57.3 Å². The first-order valence-electron chi connectivity index (χ1n) is 11.6. The van der Waals surface area contributed by atoms with Crippen LogP contribution in [0.15, 0.2) is 12.2 Å². The van der Waals surface area contributed by atoms with Crippen LogP contribution in [0.3, 0.4) is 0 Å². The molecule has 0 spiro atoms. The zero-order valence-corrected chi connectivity index (χ0v) is 18.6. The zero-order chi connectivity index (χ0) is 21.9. The van der Waals surface area contributed by atoms with Crippen molar-refractivity contribution >= 4 is 5.91 Å². The van der Waals surface area contributed by atoms with E-state index in [0.717, 1.165) is 44.9 Å². The highest BCUT2D eigenvalue weighted by Crippen LogP contribution is 2.12. The van der Waals surface area contributed by atoms with Crippen molar-refractivity contribution in [3.63, 3.8) is 0 Å². The summed E-state index contributed by atoms with van der Waals surface area (Å²) in [4.78, 5) is 12.1. The van der Waals surface area contributed by atoms with Crippen LogP contribution in [0, 0.1) is 0 Å². The van der Waals surface area contributed by atoms with E-state index in [1.807, 2.05) is 6.08 Å². The smallest absolute Gasteiger partial charge is 0.249 e. The second kappa shape index (κ2) is 19.0. The van der Waals surface area contributed by atoms with Crippen molar-refractivity contribution in [1.29, 1.82) is 0 Å². The molecule has 0 bridgehead atoms. The number of amides is 1. The molecule has 0 aromatic heterocycles. The van der Waals surface area contributed by atoms with Gasteiger partial charge in [-0.15, -0.1) is 0 Å². The molecule has 0 radical (unpaired) electrons. The maximum Gasteiger partial charge on any atom is 0.249 e. The number of hydrogen-bond acceptors (Lipinski definition) is 5. The van der Waals surface area contributed by atoms with E-state index in [-0.39, 0.29) is 6.42 Å². The zero-order valence-electron chi connectivity index (χ0n) is 18.6. The predicted molar refractivity (Wildman–Crippen MR) is 118 cm³/mol. The van der Waals surface area contributed by atoms with Crippen molar-refractivity contribution in [3.8, 4) is 0 Å². The van der Waals surface area contributed by atoms with E-state index >= 15 is 0 Å². The molecular formula is C23H45NO5. The topological polar surface area (TPSA) is 110 Å². The highest BCUT2D eigenvalue weighted by atomic mass is 16.3. The number of allylic oxidation sites excluding steroid dienone is 2. The number of aliphatic hydroxyl groups is 4. The molecule has 0 saturated carbocycles. The van der Waals surface area contributed by atoms with Gasteiger partial charge in [0, 0.05) is 0 Å². The van der Waals surface area contributed by atoms with Crippen LogP contribution in [0.25, 0.3) is 0 Å². The van der Waals surface area contributed by atoms with Crippen molar-refractivity contribution in [2.75, 3.05) is 6.61 Å². The molecule has 0 aromatic rings. The van der Waals surface area contributed by atoms with Crippen molar-refractivity contribution in [2.45, 2.75) is 122 Å². The SMILES string of the molecule is CCCCCC/C=C\CCC(O)C(=O)NC(CO)C(O)C(O)CCCCCCC. The summed E-state index contributed by atoms with van der Waals surface area (Å²) in [5, 5.41) is 42.3. The molecule has 4 atom stereocenters. The van der Waals surface area contributed by atoms with E-state index < -0.39 is 36.9 Å². The first kappa shape index (κ1) is 28.1. The summed E-state index contributed by atoms with van der Waals surface area (Å²) in [6.07, 6.45) is 12.9. The second-order valence-corrected chi connectivity index (χ2v) is 7.97. The molecule has 0 heterocycles. The van der Waals surface area contributed by atoms with Crippen LogP contribution >= 0.6 is 0 Å². The van der Waals surface area contributed by atoms with Crippen molar-refractivity contribution in [2.24, 2.45) is 0 Å². The van der Waals surface area contributed by atoms with Gasteiger partial charge in [-0.05, 0) is 32.1 Å². The molecule has 1 amide bonds. The average molecular weight is 416 g/mol. The molecule has 0 fully saturated rings. The fraction of sp³-hybridized carbons (Fsp3) is 0.870. The van der Waals surface area contributed by atoms with Crippen LogP contribution in [0.5, 0.6) is 0 Å². The molecular weight excluding hydrogens is 370 g/mol. The van der Waals surface area contributed by atoms with Gasteiger partial charge in [-0.3, -0.25) is 4.79 Å². The normalized spacial score (nSPS) is 15.9. The van der Waals surface area contributed by atoms with Crippen LogP contribution in [0.4, 0.5) is 0 Å². The Morgan fingerprint density at radius 3 is 2.03 bits per heavy atom. The lowest BCUT2D eigenvalue weighted by Crippen LogP contribution is -2.53. The molecule has 6 heteroatoms. The molecule has 0 saturated heterocycles. The standard InChI is InChI=1S/C23H45NO5/c1-3-5-7-9-10-11-13-15-17-21(27)23(29)24-19(18-25)22(28)20(26)16-14-12-8-6-4-2/h11,13,19-22,25-28H,3-10,12,14-18H2,1-2H3,(H,24,29)/b13-11-. The summed E-state index contributed by atoms with van der Waals surface area (Å²) < 4.78 is 0. The summed E-state index contributed by atoms with van der Waals surface area (Å²) in [5.74, 6) is -0.630. The van der Waals surface area contributed by atoms with Crippen molar-refractivity contribution < 1.29 is 25.2 Å². The molecule has 0 aliphatic carbocycles. The average Bonchev–Trinajstić information content (AvgIpc) is 2.72. The molecule has 0 rings (SSSR count). The predicted octanol–water partition coefficient (Wildman–Crippen LogP) is 3.21. The van der Waals surface area contributed by atoms with E-state index in [0.29, 0.717) is 12.8 Å². The minimum absolute atomic E-state index is 0.283. The van der Waals surface area contributed by atoms with Gasteiger partial charge in [0.05, 0.1) is 18.8 Å². The first-order valence-corrected chi connectivity index (χ1v) is 11.6. The summed E-state index contributed by atoms with van der Waals surface area (Å²) in [5.41, 5.74) is 0. The molecule has 0 aromatic carbocycles. The Labute approximate surface area is 177 Å². The fourth-order valence-electron chi connectivity index (χ4n) is 3.22. The van der Waals surface area contributed by atoms with Gasteiger partial charge < -0.3 is 25.7 Å². The third-order valence-corrected chi connectivity index (χ3v) is 5.23. The van der Waals surface area contributed by atoms with Crippen molar-refractivity contribution in [1.82, 2.24) is 5.32 Å². The largest absolute Gasteiger partial charge is 0.394 e. The summed E-state index contributed by atoms with van der Waals surface area (Å²) >= 11 is 0. The van der Waals surface area contributed by atoms with Gasteiger partial charge in [0.25, 0.3) is 0 Å². The van der Waals surface area contributed by atoms with Gasteiger partial charge >= 0.3 is 0 Å². The van der Waals surface area contributed by atoms with Gasteiger partial charge in [0.15, 0.2) is 0 Å². The molecule has 4 unspecified atom stereocenters. The Hall–Kier alpha value is -0.950. The Morgan fingerprint density at radius 2 is 1.41 bits per heavy atom. The quantitative estimate of drug-likeness (QED) is 0.164. The molecule has 6 nitrogen and oxygen atoms in total. The number of nitrogens with one attached hydrogen (secondary N) is 1. The Kier molecular flexibility index (Phi) is 18.4. The third kappa shape index (κ3) is 14.6. The van der Waals surface area contributed by atoms with Gasteiger partial charge in [0.2, 0.25) is 5.91 Å². The van der Waals surface area contributed by atoms with E-state index in [1.165, 1.54) is 19.3 Å². The summed E-state index contributed by atoms with van der Waals surface area (Å²) in [6, 6.07) is -0.989. The first-order chi connectivity index (χ1) is 14.0. The van der Waals surface area contributed by atoms with Crippen molar-refractivity contribution in [3.05, 3.63) is 12.2 Å².